The second-order valence-corrected chi connectivity index (χ2v) is 6.80. The van der Waals surface area contributed by atoms with Crippen LogP contribution >= 0.6 is 0 Å². The Hall–Kier alpha value is -1.40. The van der Waals surface area contributed by atoms with E-state index >= 15 is 0 Å². The summed E-state index contributed by atoms with van der Waals surface area (Å²) in [4.78, 5) is 15.6. The van der Waals surface area contributed by atoms with Gasteiger partial charge in [-0.3, -0.25) is 4.90 Å². The average Bonchev–Trinajstić information content (AvgIpc) is 2.94. The predicted octanol–water partition coefficient (Wildman–Crippen LogP) is 0.970. The summed E-state index contributed by atoms with van der Waals surface area (Å²) in [5, 5.41) is 10.5. The smallest absolute Gasteiger partial charge is 0.227 e. The third kappa shape index (κ3) is 3.50. The third-order valence-corrected chi connectivity index (χ3v) is 4.79. The van der Waals surface area contributed by atoms with E-state index < -0.39 is 5.60 Å². The highest BCUT2D eigenvalue weighted by atomic mass is 16.3. The minimum absolute atomic E-state index is 0.441. The lowest BCUT2D eigenvalue weighted by Crippen LogP contribution is -2.51. The quantitative estimate of drug-likeness (QED) is 0.894. The van der Waals surface area contributed by atoms with Gasteiger partial charge in [0.05, 0.1) is 5.60 Å². The number of hydrogen-bond donors (Lipinski definition) is 1. The van der Waals surface area contributed by atoms with Gasteiger partial charge in [0.1, 0.15) is 5.82 Å². The molecule has 1 aromatic rings. The Kier molecular flexibility index (Phi) is 4.49. The zero-order chi connectivity index (χ0) is 15.6. The van der Waals surface area contributed by atoms with E-state index in [0.29, 0.717) is 0 Å². The number of anilines is 2. The van der Waals surface area contributed by atoms with E-state index in [2.05, 4.69) is 19.8 Å². The predicted molar refractivity (Wildman–Crippen MR) is 88.4 cm³/mol. The van der Waals surface area contributed by atoms with Gasteiger partial charge in [0.15, 0.2) is 0 Å². The SMILES string of the molecule is CN(C)c1ccnc(N2CCN(CC3(O)CCCC3)CC2)n1. The molecule has 0 unspecified atom stereocenters. The van der Waals surface area contributed by atoms with Crippen LogP contribution < -0.4 is 9.80 Å². The van der Waals surface area contributed by atoms with Gasteiger partial charge in [-0.2, -0.15) is 4.98 Å². The molecule has 6 nitrogen and oxygen atoms in total. The number of aliphatic hydroxyl groups is 1. The molecule has 0 spiro atoms. The van der Waals surface area contributed by atoms with E-state index in [9.17, 15) is 5.11 Å². The van der Waals surface area contributed by atoms with Crippen molar-refractivity contribution in [3.63, 3.8) is 0 Å². The van der Waals surface area contributed by atoms with Crippen molar-refractivity contribution in [3.8, 4) is 0 Å². The Morgan fingerprint density at radius 2 is 1.86 bits per heavy atom. The number of hydrogen-bond acceptors (Lipinski definition) is 6. The van der Waals surface area contributed by atoms with E-state index in [1.165, 1.54) is 12.8 Å². The summed E-state index contributed by atoms with van der Waals surface area (Å²) in [6.45, 7) is 4.61. The van der Waals surface area contributed by atoms with Gasteiger partial charge in [-0.25, -0.2) is 4.98 Å². The molecule has 1 saturated carbocycles. The molecule has 2 heterocycles. The van der Waals surface area contributed by atoms with E-state index in [1.54, 1.807) is 0 Å². The molecular weight excluding hydrogens is 278 g/mol. The maximum atomic E-state index is 10.5. The van der Waals surface area contributed by atoms with Crippen LogP contribution in [-0.2, 0) is 0 Å². The lowest BCUT2D eigenvalue weighted by molar-refractivity contribution is 0.00796. The first-order chi connectivity index (χ1) is 10.6. The molecule has 6 heteroatoms. The monoisotopic (exact) mass is 305 g/mol. The van der Waals surface area contributed by atoms with Crippen LogP contribution in [0.3, 0.4) is 0 Å². The number of piperazine rings is 1. The zero-order valence-corrected chi connectivity index (χ0v) is 13.7. The summed E-state index contributed by atoms with van der Waals surface area (Å²) in [5.41, 5.74) is -0.441. The van der Waals surface area contributed by atoms with E-state index in [4.69, 9.17) is 0 Å². The maximum absolute atomic E-state index is 10.5. The van der Waals surface area contributed by atoms with Crippen LogP contribution in [0.1, 0.15) is 25.7 Å². The van der Waals surface area contributed by atoms with Crippen molar-refractivity contribution in [2.75, 3.05) is 56.6 Å². The maximum Gasteiger partial charge on any atom is 0.227 e. The summed E-state index contributed by atoms with van der Waals surface area (Å²) in [7, 11) is 3.98. The second-order valence-electron chi connectivity index (χ2n) is 6.80. The van der Waals surface area contributed by atoms with Gasteiger partial charge in [-0.1, -0.05) is 12.8 Å². The highest BCUT2D eigenvalue weighted by Gasteiger charge is 2.34. The van der Waals surface area contributed by atoms with Gasteiger partial charge in [-0.15, -0.1) is 0 Å². The van der Waals surface area contributed by atoms with Crippen LogP contribution in [0.25, 0.3) is 0 Å². The van der Waals surface area contributed by atoms with Gasteiger partial charge in [0, 0.05) is 53.0 Å². The van der Waals surface area contributed by atoms with Crippen molar-refractivity contribution in [1.29, 1.82) is 0 Å². The standard InChI is InChI=1S/C16H27N5O/c1-19(2)14-5-8-17-15(18-14)21-11-9-20(10-12-21)13-16(22)6-3-4-7-16/h5,8,22H,3-4,6-7,9-13H2,1-2H3. The molecule has 0 bridgehead atoms. The molecule has 1 N–H and O–H groups in total. The van der Waals surface area contributed by atoms with Crippen LogP contribution in [0.15, 0.2) is 12.3 Å². The molecule has 0 radical (unpaired) electrons. The molecule has 1 aliphatic carbocycles. The molecule has 0 aromatic carbocycles. The Morgan fingerprint density at radius 1 is 1.18 bits per heavy atom. The first kappa shape index (κ1) is 15.5. The van der Waals surface area contributed by atoms with Gasteiger partial charge in [0.2, 0.25) is 5.95 Å². The van der Waals surface area contributed by atoms with E-state index in [1.807, 2.05) is 31.3 Å². The normalized spacial score (nSPS) is 22.0. The van der Waals surface area contributed by atoms with Gasteiger partial charge in [0.25, 0.3) is 0 Å². The van der Waals surface area contributed by atoms with Crippen LogP contribution in [0.5, 0.6) is 0 Å². The Balaban J connectivity index is 1.56. The van der Waals surface area contributed by atoms with Crippen molar-refractivity contribution in [1.82, 2.24) is 14.9 Å². The number of β-amino-alcohol motifs (C(OH)–C–C–N with tert-alkyl or cyclic N) is 1. The fourth-order valence-corrected chi connectivity index (χ4v) is 3.45. The Labute approximate surface area is 132 Å². The minimum atomic E-state index is -0.441. The summed E-state index contributed by atoms with van der Waals surface area (Å²) >= 11 is 0. The molecule has 2 fully saturated rings. The third-order valence-electron chi connectivity index (χ3n) is 4.79. The Bertz CT molecular complexity index is 493. The van der Waals surface area contributed by atoms with Gasteiger partial charge >= 0.3 is 0 Å². The molecule has 0 amide bonds. The Morgan fingerprint density at radius 3 is 2.50 bits per heavy atom. The fourth-order valence-electron chi connectivity index (χ4n) is 3.45. The van der Waals surface area contributed by atoms with Crippen molar-refractivity contribution in [3.05, 3.63) is 12.3 Å². The lowest BCUT2D eigenvalue weighted by atomic mass is 10.0. The van der Waals surface area contributed by atoms with Crippen molar-refractivity contribution >= 4 is 11.8 Å². The van der Waals surface area contributed by atoms with Crippen molar-refractivity contribution < 1.29 is 5.11 Å². The summed E-state index contributed by atoms with van der Waals surface area (Å²) in [6, 6.07) is 1.93. The van der Waals surface area contributed by atoms with Crippen molar-refractivity contribution in [2.24, 2.45) is 0 Å². The number of rotatable bonds is 4. The molecule has 1 aliphatic heterocycles. The average molecular weight is 305 g/mol. The molecular formula is C16H27N5O. The van der Waals surface area contributed by atoms with Gasteiger partial charge < -0.3 is 14.9 Å². The molecule has 1 saturated heterocycles. The first-order valence-electron chi connectivity index (χ1n) is 8.26. The highest BCUT2D eigenvalue weighted by molar-refractivity contribution is 5.42. The zero-order valence-electron chi connectivity index (χ0n) is 13.7. The largest absolute Gasteiger partial charge is 0.389 e. The lowest BCUT2D eigenvalue weighted by Gasteiger charge is -2.38. The molecule has 22 heavy (non-hydrogen) atoms. The molecule has 1 aromatic heterocycles. The first-order valence-corrected chi connectivity index (χ1v) is 8.26. The molecule has 2 aliphatic rings. The van der Waals surface area contributed by atoms with Crippen LogP contribution in [0, 0.1) is 0 Å². The molecule has 0 atom stereocenters. The highest BCUT2D eigenvalue weighted by Crippen LogP contribution is 2.30. The van der Waals surface area contributed by atoms with Crippen LogP contribution in [-0.4, -0.2) is 72.4 Å². The van der Waals surface area contributed by atoms with Crippen LogP contribution in [0.4, 0.5) is 11.8 Å². The van der Waals surface area contributed by atoms with Crippen LogP contribution in [0.2, 0.25) is 0 Å². The summed E-state index contributed by atoms with van der Waals surface area (Å²) in [5.74, 6) is 1.75. The number of aromatic nitrogens is 2. The van der Waals surface area contributed by atoms with Gasteiger partial charge in [-0.05, 0) is 18.9 Å². The van der Waals surface area contributed by atoms with E-state index in [-0.39, 0.29) is 0 Å². The summed E-state index contributed by atoms with van der Waals surface area (Å²) < 4.78 is 0. The topological polar surface area (TPSA) is 55.7 Å². The molecule has 3 rings (SSSR count). The summed E-state index contributed by atoms with van der Waals surface area (Å²) in [6.07, 6.45) is 6.08. The fraction of sp³-hybridized carbons (Fsp3) is 0.750. The van der Waals surface area contributed by atoms with E-state index in [0.717, 1.165) is 57.3 Å². The van der Waals surface area contributed by atoms with Crippen molar-refractivity contribution in [2.45, 2.75) is 31.3 Å². The second kappa shape index (κ2) is 6.38. The minimum Gasteiger partial charge on any atom is -0.389 e. The number of nitrogens with zero attached hydrogens (tertiary/aromatic N) is 5. The molecule has 122 valence electrons.